The van der Waals surface area contributed by atoms with Gasteiger partial charge in [0.25, 0.3) is 0 Å². The normalized spacial score (nSPS) is 26.7. The summed E-state index contributed by atoms with van der Waals surface area (Å²) < 4.78 is 10.9. The Kier molecular flexibility index (Phi) is 6.07. The molecule has 1 fully saturated rings. The SMILES string of the molecule is C/C=C1\O[C@@H](c2ccc(Cl)c(Cc3ccc(OC)cc3)c2)[C@H](O)[C@@H](O)[C@@H]1O. The third-order valence-corrected chi connectivity index (χ3v) is 5.14. The lowest BCUT2D eigenvalue weighted by Gasteiger charge is -2.37. The largest absolute Gasteiger partial charge is 0.497 e. The number of aliphatic hydroxyl groups is 3. The molecule has 1 heterocycles. The summed E-state index contributed by atoms with van der Waals surface area (Å²) >= 11 is 6.36. The van der Waals surface area contributed by atoms with Gasteiger partial charge >= 0.3 is 0 Å². The molecule has 6 heteroatoms. The number of allylic oxidation sites excluding steroid dienone is 1. The van der Waals surface area contributed by atoms with Crippen molar-refractivity contribution in [3.63, 3.8) is 0 Å². The van der Waals surface area contributed by atoms with Gasteiger partial charge in [0.1, 0.15) is 29.8 Å². The van der Waals surface area contributed by atoms with Gasteiger partial charge in [-0.3, -0.25) is 0 Å². The molecule has 1 aliphatic heterocycles. The van der Waals surface area contributed by atoms with Crippen molar-refractivity contribution >= 4 is 11.6 Å². The van der Waals surface area contributed by atoms with Crippen LogP contribution in [0, 0.1) is 0 Å². The van der Waals surface area contributed by atoms with Gasteiger partial charge in [-0.25, -0.2) is 0 Å². The second-order valence-electron chi connectivity index (χ2n) is 6.53. The van der Waals surface area contributed by atoms with Crippen LogP contribution in [0.1, 0.15) is 29.7 Å². The van der Waals surface area contributed by atoms with Crippen LogP contribution in [0.4, 0.5) is 0 Å². The topological polar surface area (TPSA) is 79.2 Å². The first-order chi connectivity index (χ1) is 12.9. The Morgan fingerprint density at radius 2 is 1.78 bits per heavy atom. The highest BCUT2D eigenvalue weighted by Gasteiger charge is 2.41. The first kappa shape index (κ1) is 19.7. The van der Waals surface area contributed by atoms with Crippen molar-refractivity contribution in [2.45, 2.75) is 37.8 Å². The second-order valence-corrected chi connectivity index (χ2v) is 6.94. The van der Waals surface area contributed by atoms with E-state index < -0.39 is 24.4 Å². The van der Waals surface area contributed by atoms with Crippen LogP contribution >= 0.6 is 11.6 Å². The van der Waals surface area contributed by atoms with E-state index in [1.807, 2.05) is 30.3 Å². The van der Waals surface area contributed by atoms with E-state index in [-0.39, 0.29) is 5.76 Å². The van der Waals surface area contributed by atoms with Crippen molar-refractivity contribution in [2.75, 3.05) is 7.11 Å². The Bertz CT molecular complexity index is 818. The minimum absolute atomic E-state index is 0.240. The minimum atomic E-state index is -1.32. The van der Waals surface area contributed by atoms with Gasteiger partial charge in [-0.2, -0.15) is 0 Å². The highest BCUT2D eigenvalue weighted by Crippen LogP contribution is 2.36. The second kappa shape index (κ2) is 8.31. The lowest BCUT2D eigenvalue weighted by Crippen LogP contribution is -2.47. The first-order valence-corrected chi connectivity index (χ1v) is 9.10. The summed E-state index contributed by atoms with van der Waals surface area (Å²) in [5, 5.41) is 31.1. The van der Waals surface area contributed by atoms with Gasteiger partial charge in [-0.05, 0) is 54.3 Å². The van der Waals surface area contributed by atoms with Gasteiger partial charge < -0.3 is 24.8 Å². The number of aliphatic hydroxyl groups excluding tert-OH is 3. The number of benzene rings is 2. The highest BCUT2D eigenvalue weighted by molar-refractivity contribution is 6.31. The Hall–Kier alpha value is -2.05. The third kappa shape index (κ3) is 4.12. The quantitative estimate of drug-likeness (QED) is 0.748. The molecule has 0 spiro atoms. The molecule has 0 saturated carbocycles. The van der Waals surface area contributed by atoms with E-state index in [1.165, 1.54) is 0 Å². The molecule has 1 saturated heterocycles. The standard InChI is InChI=1S/C21H23ClO5/c1-3-17-18(23)19(24)20(25)21(27-17)13-6-9-16(22)14(11-13)10-12-4-7-15(26-2)8-5-12/h3-9,11,18-21,23-25H,10H2,1-2H3/b17-3-/t18-,19+,20-,21+/m1/s1. The summed E-state index contributed by atoms with van der Waals surface area (Å²) in [6, 6.07) is 13.1. The van der Waals surface area contributed by atoms with Crippen molar-refractivity contribution in [1.82, 2.24) is 0 Å². The molecule has 0 unspecified atom stereocenters. The number of hydrogen-bond donors (Lipinski definition) is 3. The molecule has 0 amide bonds. The van der Waals surface area contributed by atoms with E-state index in [0.29, 0.717) is 17.0 Å². The summed E-state index contributed by atoms with van der Waals surface area (Å²) in [5.41, 5.74) is 2.61. The minimum Gasteiger partial charge on any atom is -0.497 e. The maximum atomic E-state index is 10.4. The lowest BCUT2D eigenvalue weighted by atomic mass is 9.91. The molecule has 2 aromatic rings. The number of rotatable bonds is 4. The van der Waals surface area contributed by atoms with E-state index >= 15 is 0 Å². The summed E-state index contributed by atoms with van der Waals surface area (Å²) in [4.78, 5) is 0. The fourth-order valence-corrected chi connectivity index (χ4v) is 3.38. The summed E-state index contributed by atoms with van der Waals surface area (Å²) in [6.07, 6.45) is -2.43. The zero-order valence-electron chi connectivity index (χ0n) is 15.2. The maximum Gasteiger partial charge on any atom is 0.152 e. The van der Waals surface area contributed by atoms with Gasteiger partial charge in [0, 0.05) is 5.02 Å². The number of halogens is 1. The monoisotopic (exact) mass is 390 g/mol. The smallest absolute Gasteiger partial charge is 0.152 e. The van der Waals surface area contributed by atoms with Gasteiger partial charge in [-0.15, -0.1) is 0 Å². The van der Waals surface area contributed by atoms with Crippen molar-refractivity contribution < 1.29 is 24.8 Å². The Morgan fingerprint density at radius 1 is 1.07 bits per heavy atom. The molecular weight excluding hydrogens is 368 g/mol. The molecule has 2 aromatic carbocycles. The van der Waals surface area contributed by atoms with E-state index in [0.717, 1.165) is 16.9 Å². The van der Waals surface area contributed by atoms with E-state index in [2.05, 4.69) is 0 Å². The average molecular weight is 391 g/mol. The number of hydrogen-bond acceptors (Lipinski definition) is 5. The summed E-state index contributed by atoms with van der Waals surface area (Å²) in [6.45, 7) is 1.71. The Balaban J connectivity index is 1.87. The number of ether oxygens (including phenoxy) is 2. The molecule has 0 aromatic heterocycles. The fraction of sp³-hybridized carbons (Fsp3) is 0.333. The van der Waals surface area contributed by atoms with Crippen molar-refractivity contribution in [3.8, 4) is 5.75 Å². The predicted octanol–water partition coefficient (Wildman–Crippen LogP) is 3.00. The molecule has 0 aliphatic carbocycles. The molecule has 144 valence electrons. The van der Waals surface area contributed by atoms with Crippen molar-refractivity contribution in [1.29, 1.82) is 0 Å². The maximum absolute atomic E-state index is 10.4. The van der Waals surface area contributed by atoms with Crippen molar-refractivity contribution in [2.24, 2.45) is 0 Å². The molecular formula is C21H23ClO5. The van der Waals surface area contributed by atoms with E-state index in [9.17, 15) is 15.3 Å². The molecule has 3 N–H and O–H groups in total. The third-order valence-electron chi connectivity index (χ3n) is 4.77. The Morgan fingerprint density at radius 3 is 2.41 bits per heavy atom. The first-order valence-electron chi connectivity index (χ1n) is 8.73. The summed E-state index contributed by atoms with van der Waals surface area (Å²) in [5.74, 6) is 1.02. The van der Waals surface area contributed by atoms with Crippen LogP contribution < -0.4 is 4.74 Å². The molecule has 0 bridgehead atoms. The van der Waals surface area contributed by atoms with Gasteiger partial charge in [0.05, 0.1) is 7.11 Å². The van der Waals surface area contributed by atoms with Crippen LogP contribution in [0.3, 0.4) is 0 Å². The highest BCUT2D eigenvalue weighted by atomic mass is 35.5. The van der Waals surface area contributed by atoms with Crippen LogP contribution in [0.15, 0.2) is 54.3 Å². The van der Waals surface area contributed by atoms with Gasteiger partial charge in [-0.1, -0.05) is 35.9 Å². The zero-order valence-corrected chi connectivity index (χ0v) is 15.9. The number of methoxy groups -OCH3 is 1. The Labute approximate surface area is 163 Å². The van der Waals surface area contributed by atoms with Crippen LogP contribution in [-0.2, 0) is 11.2 Å². The van der Waals surface area contributed by atoms with E-state index in [4.69, 9.17) is 21.1 Å². The molecule has 4 atom stereocenters. The molecule has 5 nitrogen and oxygen atoms in total. The lowest BCUT2D eigenvalue weighted by molar-refractivity contribution is -0.157. The molecule has 27 heavy (non-hydrogen) atoms. The fourth-order valence-electron chi connectivity index (χ4n) is 3.19. The molecule has 1 aliphatic rings. The van der Waals surface area contributed by atoms with Gasteiger partial charge in [0.15, 0.2) is 6.10 Å². The van der Waals surface area contributed by atoms with Crippen LogP contribution in [0.5, 0.6) is 5.75 Å². The summed E-state index contributed by atoms with van der Waals surface area (Å²) in [7, 11) is 1.62. The molecule has 3 rings (SSSR count). The predicted molar refractivity (Wildman–Crippen MR) is 103 cm³/mol. The van der Waals surface area contributed by atoms with Crippen molar-refractivity contribution in [3.05, 3.63) is 76.0 Å². The van der Waals surface area contributed by atoms with Crippen LogP contribution in [0.2, 0.25) is 5.02 Å². The van der Waals surface area contributed by atoms with Crippen LogP contribution in [0.25, 0.3) is 0 Å². The van der Waals surface area contributed by atoms with E-state index in [1.54, 1.807) is 32.2 Å². The van der Waals surface area contributed by atoms with Crippen LogP contribution in [-0.4, -0.2) is 40.7 Å². The van der Waals surface area contributed by atoms with Gasteiger partial charge in [0.2, 0.25) is 0 Å². The zero-order chi connectivity index (χ0) is 19.6. The molecule has 0 radical (unpaired) electrons. The average Bonchev–Trinajstić information content (AvgIpc) is 2.69.